The number of carbonyl (C=O) groups excluding carboxylic acids is 3. The van der Waals surface area contributed by atoms with Crippen molar-refractivity contribution in [2.75, 3.05) is 11.9 Å². The zero-order valence-corrected chi connectivity index (χ0v) is 22.6. The third kappa shape index (κ3) is 5.35. The quantitative estimate of drug-likeness (QED) is 0.199. The molecule has 11 nitrogen and oxygen atoms in total. The van der Waals surface area contributed by atoms with Gasteiger partial charge in [-0.05, 0) is 45.8 Å². The fourth-order valence-corrected chi connectivity index (χ4v) is 5.03. The van der Waals surface area contributed by atoms with Crippen molar-refractivity contribution in [1.29, 1.82) is 0 Å². The first-order valence-corrected chi connectivity index (χ1v) is 12.9. The van der Waals surface area contributed by atoms with Crippen LogP contribution >= 0.6 is 15.9 Å². The molecular formula is C26H24BrFN7O4+. The number of fused-ring (bicyclic) bond motifs is 1. The van der Waals surface area contributed by atoms with Gasteiger partial charge in [0, 0.05) is 44.4 Å². The second kappa shape index (κ2) is 10.5. The highest BCUT2D eigenvalue weighted by atomic mass is 79.9. The van der Waals surface area contributed by atoms with E-state index in [1.165, 1.54) is 27.3 Å². The molecule has 13 heteroatoms. The molecule has 0 aliphatic carbocycles. The molecule has 3 aromatic heterocycles. The molecule has 39 heavy (non-hydrogen) atoms. The Bertz CT molecular complexity index is 1680. The van der Waals surface area contributed by atoms with E-state index < -0.39 is 24.0 Å². The number of benzene rings is 1. The van der Waals surface area contributed by atoms with Gasteiger partial charge in [0.05, 0.1) is 11.9 Å². The lowest BCUT2D eigenvalue weighted by Gasteiger charge is -2.22. The van der Waals surface area contributed by atoms with Gasteiger partial charge in [0.25, 0.3) is 5.91 Å². The zero-order chi connectivity index (χ0) is 27.8. The first-order valence-electron chi connectivity index (χ1n) is 12.1. The minimum atomic E-state index is -1.35. The summed E-state index contributed by atoms with van der Waals surface area (Å²) in [6.45, 7) is 0.948. The smallest absolute Gasteiger partial charge is 0.322 e. The molecule has 2 amide bonds. The SMILES string of the molecule is CC(=O)c1[nH][n+](CC(=O)N2C[C@H](F)C[C@H]2C(=O)Nc2cccc(Br)n2)c2ccc(-c3cnc(=O)n(C)c3)cc12. The number of aromatic amines is 1. The van der Waals surface area contributed by atoms with Crippen LogP contribution in [0, 0.1) is 0 Å². The Morgan fingerprint density at radius 3 is 2.74 bits per heavy atom. The average molecular weight is 597 g/mol. The molecule has 0 bridgehead atoms. The molecule has 4 heterocycles. The number of amides is 2. The molecule has 1 fully saturated rings. The maximum atomic E-state index is 14.4. The maximum Gasteiger partial charge on any atom is 0.347 e. The van der Waals surface area contributed by atoms with Crippen LogP contribution in [0.1, 0.15) is 23.8 Å². The van der Waals surface area contributed by atoms with Crippen molar-refractivity contribution in [3.05, 3.63) is 69.6 Å². The van der Waals surface area contributed by atoms with Gasteiger partial charge in [-0.25, -0.2) is 19.2 Å². The first kappa shape index (κ1) is 26.4. The van der Waals surface area contributed by atoms with Gasteiger partial charge in [-0.15, -0.1) is 4.68 Å². The van der Waals surface area contributed by atoms with E-state index in [0.29, 0.717) is 21.1 Å². The van der Waals surface area contributed by atoms with E-state index in [4.69, 9.17) is 0 Å². The number of nitrogens with zero attached hydrogens (tertiary/aromatic N) is 5. The van der Waals surface area contributed by atoms with Crippen LogP contribution in [0.15, 0.2) is 58.2 Å². The van der Waals surface area contributed by atoms with Crippen LogP contribution in [-0.2, 0) is 23.2 Å². The molecule has 2 atom stereocenters. The van der Waals surface area contributed by atoms with Crippen molar-refractivity contribution in [2.45, 2.75) is 32.1 Å². The molecule has 1 saturated heterocycles. The number of nitrogens with one attached hydrogen (secondary N) is 2. The number of H-pyrrole nitrogens is 1. The fraction of sp³-hybridized carbons (Fsp3) is 0.269. The predicted octanol–water partition coefficient (Wildman–Crippen LogP) is 2.15. The molecule has 0 unspecified atom stereocenters. The second-order valence-electron chi connectivity index (χ2n) is 9.33. The Labute approximate surface area is 229 Å². The molecule has 5 rings (SSSR count). The summed E-state index contributed by atoms with van der Waals surface area (Å²) in [6, 6.07) is 9.30. The molecule has 200 valence electrons. The zero-order valence-electron chi connectivity index (χ0n) is 21.0. The minimum Gasteiger partial charge on any atom is -0.322 e. The number of hydrogen-bond acceptors (Lipinski definition) is 6. The number of Topliss-reactive ketones (excluding diaryl/α,β-unsaturated/α-hetero) is 1. The topological polar surface area (TPSA) is 134 Å². The van der Waals surface area contributed by atoms with E-state index in [1.54, 1.807) is 49.6 Å². The van der Waals surface area contributed by atoms with Crippen molar-refractivity contribution in [1.82, 2.24) is 24.5 Å². The largest absolute Gasteiger partial charge is 0.347 e. The number of carbonyl (C=O) groups is 3. The number of ketones is 1. The van der Waals surface area contributed by atoms with Gasteiger partial charge in [0.2, 0.25) is 18.0 Å². The van der Waals surface area contributed by atoms with E-state index in [9.17, 15) is 23.6 Å². The number of likely N-dealkylation sites (tertiary alicyclic amines) is 1. The summed E-state index contributed by atoms with van der Waals surface area (Å²) in [6.07, 6.45) is 1.62. The summed E-state index contributed by atoms with van der Waals surface area (Å²) in [5.74, 6) is -0.974. The number of hydrogen-bond donors (Lipinski definition) is 2. The predicted molar refractivity (Wildman–Crippen MR) is 143 cm³/mol. The van der Waals surface area contributed by atoms with E-state index in [1.807, 2.05) is 0 Å². The van der Waals surface area contributed by atoms with Gasteiger partial charge < -0.3 is 14.8 Å². The van der Waals surface area contributed by atoms with Gasteiger partial charge in [-0.2, -0.15) is 5.10 Å². The van der Waals surface area contributed by atoms with Crippen molar-refractivity contribution in [3.63, 3.8) is 0 Å². The van der Waals surface area contributed by atoms with E-state index >= 15 is 0 Å². The van der Waals surface area contributed by atoms with E-state index in [0.717, 1.165) is 5.56 Å². The Morgan fingerprint density at radius 1 is 1.23 bits per heavy atom. The molecular weight excluding hydrogens is 573 g/mol. The monoisotopic (exact) mass is 596 g/mol. The number of anilines is 1. The summed E-state index contributed by atoms with van der Waals surface area (Å²) in [5, 5.41) is 6.20. The van der Waals surface area contributed by atoms with Crippen molar-refractivity contribution in [3.8, 4) is 11.1 Å². The van der Waals surface area contributed by atoms with Crippen LogP contribution in [0.25, 0.3) is 22.0 Å². The van der Waals surface area contributed by atoms with Crippen LogP contribution in [-0.4, -0.2) is 60.9 Å². The summed E-state index contributed by atoms with van der Waals surface area (Å²) in [7, 11) is 1.59. The average Bonchev–Trinajstić information content (AvgIpc) is 3.46. The van der Waals surface area contributed by atoms with Crippen LogP contribution in [0.3, 0.4) is 0 Å². The van der Waals surface area contributed by atoms with Gasteiger partial charge in [-0.1, -0.05) is 6.07 Å². The van der Waals surface area contributed by atoms with Crippen molar-refractivity contribution >= 4 is 50.2 Å². The summed E-state index contributed by atoms with van der Waals surface area (Å²) in [5.41, 5.74) is 1.88. The molecule has 0 radical (unpaired) electrons. The lowest BCUT2D eigenvalue weighted by Crippen LogP contribution is -2.50. The number of alkyl halides is 1. The summed E-state index contributed by atoms with van der Waals surface area (Å²) in [4.78, 5) is 59.6. The van der Waals surface area contributed by atoms with E-state index in [2.05, 4.69) is 36.3 Å². The highest BCUT2D eigenvalue weighted by Crippen LogP contribution is 2.25. The Morgan fingerprint density at radius 2 is 2.03 bits per heavy atom. The summed E-state index contributed by atoms with van der Waals surface area (Å²) >= 11 is 3.24. The highest BCUT2D eigenvalue weighted by molar-refractivity contribution is 9.10. The van der Waals surface area contributed by atoms with E-state index in [-0.39, 0.29) is 42.5 Å². The van der Waals surface area contributed by atoms with Crippen LogP contribution < -0.4 is 15.7 Å². The normalized spacial score (nSPS) is 17.0. The Balaban J connectivity index is 1.42. The molecule has 4 aromatic rings. The number of aromatic nitrogens is 5. The van der Waals surface area contributed by atoms with Gasteiger partial charge in [0.1, 0.15) is 22.6 Å². The van der Waals surface area contributed by atoms with Gasteiger partial charge in [0.15, 0.2) is 11.5 Å². The number of pyridine rings is 1. The number of aryl methyl sites for hydroxylation is 1. The lowest BCUT2D eigenvalue weighted by atomic mass is 10.0. The van der Waals surface area contributed by atoms with Gasteiger partial charge in [-0.3, -0.25) is 14.4 Å². The lowest BCUT2D eigenvalue weighted by molar-refractivity contribution is -0.715. The molecule has 2 N–H and O–H groups in total. The fourth-order valence-electron chi connectivity index (χ4n) is 4.68. The maximum absolute atomic E-state index is 14.4. The molecule has 1 aromatic carbocycles. The Kier molecular flexibility index (Phi) is 7.08. The molecule has 1 aliphatic rings. The number of rotatable bonds is 6. The van der Waals surface area contributed by atoms with Gasteiger partial charge >= 0.3 is 5.69 Å². The highest BCUT2D eigenvalue weighted by Gasteiger charge is 2.41. The standard InChI is InChI=1S/C26H23BrFN7O4/c1-14(36)24-18-8-15(16-10-29-26(39)33(2)11-16)6-7-19(18)35(32-24)13-23(37)34-12-17(28)9-20(34)25(38)31-22-5-3-4-21(27)30-22/h3-8,10-11,17,20H,9,12-13H2,1-2H3,(H,30,31,38)/p+1/t17-,20+/m1/s1. The van der Waals surface area contributed by atoms with Crippen LogP contribution in [0.4, 0.5) is 10.2 Å². The van der Waals surface area contributed by atoms with Crippen molar-refractivity contribution in [2.24, 2.45) is 7.05 Å². The third-order valence-corrected chi connectivity index (χ3v) is 7.01. The molecule has 0 spiro atoms. The third-order valence-electron chi connectivity index (χ3n) is 6.57. The first-order chi connectivity index (χ1) is 18.6. The van der Waals surface area contributed by atoms with Crippen molar-refractivity contribution < 1.29 is 23.5 Å². The molecule has 0 saturated carbocycles. The molecule has 1 aliphatic heterocycles. The minimum absolute atomic E-state index is 0.128. The summed E-state index contributed by atoms with van der Waals surface area (Å²) < 4.78 is 17.8. The van der Waals surface area contributed by atoms with Crippen LogP contribution in [0.2, 0.25) is 0 Å². The second-order valence-corrected chi connectivity index (χ2v) is 10.1. The number of halogens is 2. The van der Waals surface area contributed by atoms with Crippen LogP contribution in [0.5, 0.6) is 0 Å². The Hall–Kier alpha value is -4.26.